The number of allylic oxidation sites excluding steroid dienone is 1. The molecule has 3 N–H and O–H groups in total. The van der Waals surface area contributed by atoms with Crippen LogP contribution in [0.2, 0.25) is 0 Å². The van der Waals surface area contributed by atoms with Gasteiger partial charge >= 0.3 is 5.97 Å². The molecule has 0 spiro atoms. The third kappa shape index (κ3) is 2.35. The molecular formula is C17H15N3O2S. The number of carbonyl (C=O) groups is 1. The number of ether oxygens (including phenoxy) is 1. The number of carbonyl (C=O) groups excluding carboxylic acids is 1. The van der Waals surface area contributed by atoms with Crippen LogP contribution in [-0.2, 0) is 9.53 Å². The summed E-state index contributed by atoms with van der Waals surface area (Å²) in [6.07, 6.45) is 0. The Morgan fingerprint density at radius 3 is 2.70 bits per heavy atom. The van der Waals surface area contributed by atoms with E-state index in [4.69, 9.17) is 10.5 Å². The molecule has 3 rings (SSSR count). The van der Waals surface area contributed by atoms with Crippen LogP contribution >= 0.6 is 11.3 Å². The van der Waals surface area contributed by atoms with Crippen molar-refractivity contribution in [3.63, 3.8) is 0 Å². The Morgan fingerprint density at radius 1 is 1.39 bits per heavy atom. The van der Waals surface area contributed by atoms with Crippen molar-refractivity contribution >= 4 is 28.0 Å². The maximum atomic E-state index is 12.3. The van der Waals surface area contributed by atoms with Crippen LogP contribution in [-0.4, -0.2) is 13.1 Å². The number of methoxy groups -OCH3 is 1. The summed E-state index contributed by atoms with van der Waals surface area (Å²) in [5.41, 5.74) is 9.53. The number of nitriles is 1. The van der Waals surface area contributed by atoms with Gasteiger partial charge in [-0.05, 0) is 12.5 Å². The van der Waals surface area contributed by atoms with Crippen LogP contribution in [0, 0.1) is 11.3 Å². The molecule has 2 heterocycles. The van der Waals surface area contributed by atoms with E-state index in [9.17, 15) is 10.1 Å². The van der Waals surface area contributed by atoms with Crippen LogP contribution in [0.3, 0.4) is 0 Å². The summed E-state index contributed by atoms with van der Waals surface area (Å²) in [4.78, 5) is 12.8. The topological polar surface area (TPSA) is 88.1 Å². The fourth-order valence-corrected chi connectivity index (χ4v) is 3.89. The Labute approximate surface area is 138 Å². The highest BCUT2D eigenvalue weighted by Crippen LogP contribution is 2.49. The highest BCUT2D eigenvalue weighted by molar-refractivity contribution is 7.17. The predicted molar refractivity (Wildman–Crippen MR) is 90.1 cm³/mol. The molecule has 1 unspecified atom stereocenters. The lowest BCUT2D eigenvalue weighted by Crippen LogP contribution is -2.23. The molecule has 23 heavy (non-hydrogen) atoms. The first-order valence-corrected chi connectivity index (χ1v) is 7.83. The predicted octanol–water partition coefficient (Wildman–Crippen LogP) is 3.21. The van der Waals surface area contributed by atoms with Crippen molar-refractivity contribution in [2.45, 2.75) is 12.8 Å². The average molecular weight is 325 g/mol. The van der Waals surface area contributed by atoms with Gasteiger partial charge in [-0.2, -0.15) is 5.26 Å². The zero-order chi connectivity index (χ0) is 16.6. The molecule has 1 aromatic carbocycles. The molecule has 0 aliphatic carbocycles. The first kappa shape index (κ1) is 15.1. The van der Waals surface area contributed by atoms with Crippen molar-refractivity contribution in [1.29, 1.82) is 5.26 Å². The smallest absolute Gasteiger partial charge is 0.336 e. The first-order chi connectivity index (χ1) is 11.1. The zero-order valence-electron chi connectivity index (χ0n) is 12.7. The quantitative estimate of drug-likeness (QED) is 0.828. The molecule has 1 aliphatic rings. The maximum absolute atomic E-state index is 12.3. The van der Waals surface area contributed by atoms with E-state index in [1.165, 1.54) is 18.4 Å². The summed E-state index contributed by atoms with van der Waals surface area (Å²) in [6.45, 7) is 1.83. The number of fused-ring (bicyclic) bond motifs is 1. The molecule has 116 valence electrons. The van der Waals surface area contributed by atoms with Crippen LogP contribution < -0.4 is 11.1 Å². The Morgan fingerprint density at radius 2 is 2.09 bits per heavy atom. The normalized spacial score (nSPS) is 16.3. The Bertz CT molecular complexity index is 847. The van der Waals surface area contributed by atoms with E-state index in [1.54, 1.807) is 0 Å². The van der Waals surface area contributed by atoms with E-state index < -0.39 is 5.97 Å². The third-order valence-electron chi connectivity index (χ3n) is 3.91. The zero-order valence-corrected chi connectivity index (χ0v) is 13.5. The second kappa shape index (κ2) is 5.78. The fourth-order valence-electron chi connectivity index (χ4n) is 2.88. The molecule has 0 fully saturated rings. The van der Waals surface area contributed by atoms with Gasteiger partial charge in [-0.1, -0.05) is 30.3 Å². The highest BCUT2D eigenvalue weighted by Gasteiger charge is 2.36. The molecule has 1 aromatic heterocycles. The SMILES string of the molecule is COC(=O)C1=C(C)Nc2sc(C#N)c(N)c2C1c1ccccc1. The van der Waals surface area contributed by atoms with Crippen molar-refractivity contribution in [2.24, 2.45) is 0 Å². The summed E-state index contributed by atoms with van der Waals surface area (Å²) in [7, 11) is 1.36. The van der Waals surface area contributed by atoms with Crippen LogP contribution in [0.1, 0.15) is 28.8 Å². The van der Waals surface area contributed by atoms with E-state index in [2.05, 4.69) is 11.4 Å². The number of hydrogen-bond donors (Lipinski definition) is 2. The van der Waals surface area contributed by atoms with Crippen molar-refractivity contribution in [3.05, 3.63) is 57.6 Å². The number of nitrogens with one attached hydrogen (secondary N) is 1. The minimum absolute atomic E-state index is 0.349. The standard InChI is InChI=1S/C17H15N3O2S/c1-9-12(17(21)22-2)13(10-6-4-3-5-7-10)14-15(19)11(8-18)23-16(14)20-9/h3-7,13,20H,19H2,1-2H3. The van der Waals surface area contributed by atoms with Crippen molar-refractivity contribution in [3.8, 4) is 6.07 Å². The maximum Gasteiger partial charge on any atom is 0.336 e. The van der Waals surface area contributed by atoms with Gasteiger partial charge in [-0.15, -0.1) is 11.3 Å². The molecule has 2 aromatic rings. The number of thiophene rings is 1. The monoisotopic (exact) mass is 325 g/mol. The summed E-state index contributed by atoms with van der Waals surface area (Å²) in [5.74, 6) is -0.753. The summed E-state index contributed by atoms with van der Waals surface area (Å²) in [5, 5.41) is 13.2. The summed E-state index contributed by atoms with van der Waals surface area (Å²) in [6, 6.07) is 11.7. The van der Waals surface area contributed by atoms with Crippen LogP contribution in [0.15, 0.2) is 41.6 Å². The van der Waals surface area contributed by atoms with Gasteiger partial charge in [0.25, 0.3) is 0 Å². The number of nitrogens with two attached hydrogens (primary N) is 1. The lowest BCUT2D eigenvalue weighted by molar-refractivity contribution is -0.136. The van der Waals surface area contributed by atoms with Crippen LogP contribution in [0.4, 0.5) is 10.7 Å². The summed E-state index contributed by atoms with van der Waals surface area (Å²) >= 11 is 1.30. The van der Waals surface area contributed by atoms with E-state index >= 15 is 0 Å². The van der Waals surface area contributed by atoms with Gasteiger partial charge < -0.3 is 15.8 Å². The Kier molecular flexibility index (Phi) is 3.80. The lowest BCUT2D eigenvalue weighted by atomic mass is 9.82. The molecule has 1 aliphatic heterocycles. The molecule has 0 saturated carbocycles. The minimum Gasteiger partial charge on any atom is -0.466 e. The molecule has 1 atom stereocenters. The third-order valence-corrected chi connectivity index (χ3v) is 4.95. The average Bonchev–Trinajstić information content (AvgIpc) is 2.89. The molecule has 0 bridgehead atoms. The van der Waals surface area contributed by atoms with Crippen LogP contribution in [0.25, 0.3) is 0 Å². The van der Waals surface area contributed by atoms with Gasteiger partial charge in [0.05, 0.1) is 18.4 Å². The van der Waals surface area contributed by atoms with Crippen molar-refractivity contribution in [1.82, 2.24) is 0 Å². The van der Waals surface area contributed by atoms with Gasteiger partial charge in [-0.25, -0.2) is 4.79 Å². The second-order valence-electron chi connectivity index (χ2n) is 5.20. The van der Waals surface area contributed by atoms with Crippen molar-refractivity contribution in [2.75, 3.05) is 18.2 Å². The molecule has 5 nitrogen and oxygen atoms in total. The minimum atomic E-state index is -0.404. The Hall–Kier alpha value is -2.78. The van der Waals surface area contributed by atoms with Crippen LogP contribution in [0.5, 0.6) is 0 Å². The van der Waals surface area contributed by atoms with Gasteiger partial charge in [0.1, 0.15) is 15.9 Å². The molecule has 0 radical (unpaired) electrons. The number of nitrogens with zero attached hydrogens (tertiary/aromatic N) is 1. The number of hydrogen-bond acceptors (Lipinski definition) is 6. The van der Waals surface area contributed by atoms with E-state index in [0.29, 0.717) is 21.8 Å². The first-order valence-electron chi connectivity index (χ1n) is 7.01. The number of benzene rings is 1. The van der Waals surface area contributed by atoms with Gasteiger partial charge in [0, 0.05) is 17.2 Å². The number of esters is 1. The lowest BCUT2D eigenvalue weighted by Gasteiger charge is -2.28. The van der Waals surface area contributed by atoms with Gasteiger partial charge in [0.15, 0.2) is 0 Å². The molecular weight excluding hydrogens is 310 g/mol. The molecule has 6 heteroatoms. The van der Waals surface area contributed by atoms with Gasteiger partial charge in [-0.3, -0.25) is 0 Å². The molecule has 0 amide bonds. The largest absolute Gasteiger partial charge is 0.466 e. The van der Waals surface area contributed by atoms with Crippen molar-refractivity contribution < 1.29 is 9.53 Å². The second-order valence-corrected chi connectivity index (χ2v) is 6.22. The molecule has 0 saturated heterocycles. The Balaban J connectivity index is 2.28. The number of anilines is 2. The fraction of sp³-hybridized carbons (Fsp3) is 0.176. The van der Waals surface area contributed by atoms with E-state index in [1.807, 2.05) is 37.3 Å². The summed E-state index contributed by atoms with van der Waals surface area (Å²) < 4.78 is 4.96. The highest BCUT2D eigenvalue weighted by atomic mass is 32.1. The number of nitrogen functional groups attached to an aromatic ring is 1. The van der Waals surface area contributed by atoms with E-state index in [-0.39, 0.29) is 5.92 Å². The number of rotatable bonds is 2. The van der Waals surface area contributed by atoms with Gasteiger partial charge in [0.2, 0.25) is 0 Å². The van der Waals surface area contributed by atoms with E-state index in [0.717, 1.165) is 16.1 Å².